The Bertz CT molecular complexity index is 71.4. The summed E-state index contributed by atoms with van der Waals surface area (Å²) in [6.45, 7) is 0. The zero-order valence-corrected chi connectivity index (χ0v) is 7.41. The van der Waals surface area contributed by atoms with Gasteiger partial charge in [0.25, 0.3) is 0 Å². The fourth-order valence-corrected chi connectivity index (χ4v) is 0.456. The summed E-state index contributed by atoms with van der Waals surface area (Å²) in [4.78, 5) is 3.62. The number of aromatic nitrogens is 1. The number of nitrogens with zero attached hydrogens (tertiary/aromatic N) is 1. The van der Waals surface area contributed by atoms with Gasteiger partial charge in [0.05, 0.1) is 0 Å². The summed E-state index contributed by atoms with van der Waals surface area (Å²) >= 11 is 1.55. The molecule has 0 saturated carbocycles. The molecule has 0 atom stereocenters. The van der Waals surface area contributed by atoms with Gasteiger partial charge in [-0.05, 0) is 0 Å². The van der Waals surface area contributed by atoms with Crippen molar-refractivity contribution in [1.29, 1.82) is 0 Å². The molecule has 0 spiro atoms. The van der Waals surface area contributed by atoms with Gasteiger partial charge in [-0.1, -0.05) is 10.9 Å². The van der Waals surface area contributed by atoms with Crippen LogP contribution in [0.5, 0.6) is 0 Å². The third-order valence-electron chi connectivity index (χ3n) is 0.309. The normalized spacial score (nSPS) is 5.71. The van der Waals surface area contributed by atoms with Gasteiger partial charge in [-0.25, -0.2) is 0 Å². The molecule has 0 radical (unpaired) electrons. The molecule has 0 aliphatic heterocycles. The van der Waals surface area contributed by atoms with E-state index in [9.17, 15) is 0 Å². The first-order valence-electron chi connectivity index (χ1n) is 1.24. The zero-order valence-electron chi connectivity index (χ0n) is 3.60. The first-order valence-corrected chi connectivity index (χ1v) is 2.18. The summed E-state index contributed by atoms with van der Waals surface area (Å²) in [7, 11) is 0. The molecule has 0 N–H and O–H groups in total. The molecule has 1 aromatic rings. The van der Waals surface area contributed by atoms with Crippen molar-refractivity contribution >= 4 is 34.4 Å². The molecule has 34 valence electrons. The molecular formula is C3H2BrMgNS. The van der Waals surface area contributed by atoms with E-state index in [1.165, 1.54) is 0 Å². The molecule has 1 rings (SSSR count). The van der Waals surface area contributed by atoms with Crippen molar-refractivity contribution in [2.75, 3.05) is 0 Å². The molecule has 1 nitrogen and oxygen atoms in total. The third kappa shape index (κ3) is 4.74. The van der Waals surface area contributed by atoms with Crippen molar-refractivity contribution in [2.24, 2.45) is 0 Å². The topological polar surface area (TPSA) is 12.9 Å². The van der Waals surface area contributed by atoms with Gasteiger partial charge in [0.1, 0.15) is 0 Å². The first-order chi connectivity index (χ1) is 2.50. The predicted octanol–water partition coefficient (Wildman–Crippen LogP) is -2.43. The van der Waals surface area contributed by atoms with Gasteiger partial charge < -0.3 is 22.0 Å². The van der Waals surface area contributed by atoms with Crippen LogP contribution in [-0.4, -0.2) is 28.0 Å². The Morgan fingerprint density at radius 3 is 2.43 bits per heavy atom. The van der Waals surface area contributed by atoms with Gasteiger partial charge in [0, 0.05) is 0 Å². The van der Waals surface area contributed by atoms with Gasteiger partial charge in [0.15, 0.2) is 0 Å². The second-order valence-electron chi connectivity index (χ2n) is 0.618. The average molecular weight is 188 g/mol. The van der Waals surface area contributed by atoms with E-state index in [1.807, 2.05) is 0 Å². The van der Waals surface area contributed by atoms with E-state index >= 15 is 0 Å². The first kappa shape index (κ1) is 10.8. The molecule has 0 unspecified atom stereocenters. The molecule has 1 heterocycles. The summed E-state index contributed by atoms with van der Waals surface area (Å²) in [5.41, 5.74) is 1.74. The van der Waals surface area contributed by atoms with Gasteiger partial charge in [0.2, 0.25) is 0 Å². The molecule has 0 saturated heterocycles. The maximum absolute atomic E-state index is 3.62. The van der Waals surface area contributed by atoms with Crippen LogP contribution in [0.2, 0.25) is 0 Å². The Kier molecular flexibility index (Phi) is 10.6. The van der Waals surface area contributed by atoms with Gasteiger partial charge in [-0.3, -0.25) is 11.3 Å². The van der Waals surface area contributed by atoms with Crippen LogP contribution in [0, 0.1) is 6.20 Å². The fraction of sp³-hybridized carbons (Fsp3) is 0. The van der Waals surface area contributed by atoms with E-state index in [-0.39, 0.29) is 40.0 Å². The second kappa shape index (κ2) is 6.88. The maximum atomic E-state index is 3.62. The van der Waals surface area contributed by atoms with Gasteiger partial charge in [-0.15, -0.1) is 6.20 Å². The van der Waals surface area contributed by atoms with Crippen molar-refractivity contribution in [3.8, 4) is 0 Å². The quantitative estimate of drug-likeness (QED) is 0.326. The molecule has 0 aromatic carbocycles. The van der Waals surface area contributed by atoms with E-state index in [2.05, 4.69) is 11.2 Å². The summed E-state index contributed by atoms with van der Waals surface area (Å²) in [5, 5.41) is 1.81. The van der Waals surface area contributed by atoms with Crippen LogP contribution >= 0.6 is 11.3 Å². The molecule has 0 amide bonds. The summed E-state index contributed by atoms with van der Waals surface area (Å²) in [6.07, 6.45) is 2.63. The van der Waals surface area contributed by atoms with Crippen molar-refractivity contribution in [2.45, 2.75) is 0 Å². The van der Waals surface area contributed by atoms with Gasteiger partial charge >= 0.3 is 23.1 Å². The second-order valence-corrected chi connectivity index (χ2v) is 1.34. The number of thiazole rings is 1. The molecule has 7 heavy (non-hydrogen) atoms. The smallest absolute Gasteiger partial charge is 1.00 e. The minimum absolute atomic E-state index is 0. The van der Waals surface area contributed by atoms with Crippen molar-refractivity contribution in [3.05, 3.63) is 17.1 Å². The standard InChI is InChI=1S/C3H2NS.BrH.Mg/c1-2-5-3-4-1;;/h2-3H;1H;/q-1;;+2/p-1. The Morgan fingerprint density at radius 1 is 1.57 bits per heavy atom. The number of halogens is 1. The Labute approximate surface area is 73.1 Å². The summed E-state index contributed by atoms with van der Waals surface area (Å²) in [6, 6.07) is 0. The van der Waals surface area contributed by atoms with Gasteiger partial charge in [-0.2, -0.15) is 0 Å². The molecular weight excluding hydrogens is 186 g/mol. The van der Waals surface area contributed by atoms with Crippen LogP contribution in [0.15, 0.2) is 10.9 Å². The van der Waals surface area contributed by atoms with E-state index in [1.54, 1.807) is 22.2 Å². The van der Waals surface area contributed by atoms with Crippen LogP contribution < -0.4 is 17.0 Å². The van der Waals surface area contributed by atoms with E-state index < -0.39 is 0 Å². The van der Waals surface area contributed by atoms with Crippen LogP contribution in [0.4, 0.5) is 0 Å². The summed E-state index contributed by atoms with van der Waals surface area (Å²) < 4.78 is 0. The summed E-state index contributed by atoms with van der Waals surface area (Å²) in [5.74, 6) is 0. The minimum atomic E-state index is 0. The van der Waals surface area contributed by atoms with Crippen molar-refractivity contribution in [3.63, 3.8) is 0 Å². The van der Waals surface area contributed by atoms with Crippen molar-refractivity contribution in [1.82, 2.24) is 4.98 Å². The van der Waals surface area contributed by atoms with E-state index in [0.717, 1.165) is 0 Å². The monoisotopic (exact) mass is 187 g/mol. The number of hydrogen-bond donors (Lipinski definition) is 0. The maximum Gasteiger partial charge on any atom is 2.00 e. The van der Waals surface area contributed by atoms with Crippen LogP contribution in [-0.2, 0) is 0 Å². The SMILES string of the molecule is [Br-].[Mg+2].[c-]1cscn1. The largest absolute Gasteiger partial charge is 2.00 e. The van der Waals surface area contributed by atoms with E-state index in [4.69, 9.17) is 0 Å². The Hall–Kier alpha value is 0.876. The predicted molar refractivity (Wildman–Crippen MR) is 26.7 cm³/mol. The molecule has 0 aliphatic rings. The minimum Gasteiger partial charge on any atom is -1.00 e. The number of rotatable bonds is 0. The Balaban J connectivity index is 0. The van der Waals surface area contributed by atoms with E-state index in [0.29, 0.717) is 0 Å². The van der Waals surface area contributed by atoms with Crippen LogP contribution in [0.1, 0.15) is 0 Å². The molecule has 0 bridgehead atoms. The molecule has 4 heteroatoms. The average Bonchev–Trinajstić information content (AvgIpc) is 1.76. The number of hydrogen-bond acceptors (Lipinski definition) is 2. The molecule has 1 aromatic heterocycles. The molecule has 0 aliphatic carbocycles. The fourth-order valence-electron chi connectivity index (χ4n) is 0.152. The molecule has 0 fully saturated rings. The van der Waals surface area contributed by atoms with Crippen LogP contribution in [0.25, 0.3) is 0 Å². The Morgan fingerprint density at radius 2 is 2.29 bits per heavy atom. The zero-order chi connectivity index (χ0) is 3.54. The third-order valence-corrected chi connectivity index (χ3v) is 0.777. The van der Waals surface area contributed by atoms with Crippen LogP contribution in [0.3, 0.4) is 0 Å². The van der Waals surface area contributed by atoms with Crippen molar-refractivity contribution < 1.29 is 17.0 Å².